The van der Waals surface area contributed by atoms with Gasteiger partial charge in [-0.05, 0) is 110 Å². The van der Waals surface area contributed by atoms with E-state index in [-0.39, 0.29) is 37.7 Å². The molecule has 3 aromatic rings. The van der Waals surface area contributed by atoms with Crippen molar-refractivity contribution in [2.45, 2.75) is 107 Å². The number of hydrogen-bond donors (Lipinski definition) is 1. The second-order valence-electron chi connectivity index (χ2n) is 10.8. The molecule has 1 N–H and O–H groups in total. The number of nitrogens with one attached hydrogen (secondary N) is 1. The number of aromatic amines is 1. The zero-order valence-electron chi connectivity index (χ0n) is 25.9. The summed E-state index contributed by atoms with van der Waals surface area (Å²) >= 11 is 0. The molecule has 3 aromatic heterocycles. The Balaban J connectivity index is 0.00000387. The molecule has 0 aliphatic carbocycles. The van der Waals surface area contributed by atoms with E-state index in [9.17, 15) is 0 Å². The minimum atomic E-state index is 0. The Morgan fingerprint density at radius 3 is 1.73 bits per heavy atom. The molecule has 2 aliphatic heterocycles. The van der Waals surface area contributed by atoms with Crippen LogP contribution in [-0.4, -0.2) is 57.3 Å². The van der Waals surface area contributed by atoms with Crippen LogP contribution in [0.1, 0.15) is 119 Å². The van der Waals surface area contributed by atoms with Crippen LogP contribution in [0.5, 0.6) is 0 Å². The molecule has 0 fully saturated rings. The van der Waals surface area contributed by atoms with E-state index in [1.807, 2.05) is 0 Å². The van der Waals surface area contributed by atoms with Gasteiger partial charge in [0, 0.05) is 34.2 Å². The van der Waals surface area contributed by atoms with Crippen LogP contribution in [0.25, 0.3) is 45.4 Å². The van der Waals surface area contributed by atoms with Gasteiger partial charge in [0.25, 0.3) is 0 Å². The van der Waals surface area contributed by atoms with Gasteiger partial charge in [0.1, 0.15) is 0 Å². The predicted octanol–water partition coefficient (Wildman–Crippen LogP) is 8.61. The van der Waals surface area contributed by atoms with Crippen molar-refractivity contribution in [3.05, 3.63) is 68.8 Å². The summed E-state index contributed by atoms with van der Waals surface area (Å²) in [6, 6.07) is 6.80. The Morgan fingerprint density at radius 2 is 1.20 bits per heavy atom. The summed E-state index contributed by atoms with van der Waals surface area (Å²) in [6.07, 6.45) is 11.2. The molecule has 0 amide bonds. The number of aromatic nitrogens is 4. The van der Waals surface area contributed by atoms with Crippen molar-refractivity contribution in [2.24, 2.45) is 0 Å². The van der Waals surface area contributed by atoms with Gasteiger partial charge >= 0.3 is 37.7 Å². The Labute approximate surface area is 276 Å². The van der Waals surface area contributed by atoms with E-state index in [0.717, 1.165) is 68.4 Å². The molecule has 2 aliphatic rings. The molecule has 5 rings (SSSR count). The van der Waals surface area contributed by atoms with E-state index in [1.54, 1.807) is 0 Å². The van der Waals surface area contributed by atoms with Gasteiger partial charge in [-0.25, -0.2) is 9.97 Å². The first kappa shape index (κ1) is 31.8. The van der Waals surface area contributed by atoms with Crippen LogP contribution in [0.2, 0.25) is 0 Å². The van der Waals surface area contributed by atoms with Gasteiger partial charge in [0.05, 0.1) is 28.3 Å². The van der Waals surface area contributed by atoms with E-state index in [4.69, 9.17) is 9.97 Å². The summed E-state index contributed by atoms with van der Waals surface area (Å²) in [7, 11) is 0. The van der Waals surface area contributed by atoms with Gasteiger partial charge < -0.3 is 9.55 Å². The Morgan fingerprint density at radius 1 is 0.610 bits per heavy atom. The molecule has 0 atom stereocenters. The van der Waals surface area contributed by atoms with Crippen LogP contribution in [0.4, 0.5) is 0 Å². The molecule has 0 radical (unpaired) electrons. The average molecular weight is 577 g/mol. The molecular formula is C36H48CaN4. The van der Waals surface area contributed by atoms with Crippen molar-refractivity contribution in [1.29, 1.82) is 0 Å². The molecule has 4 nitrogen and oxygen atoms in total. The van der Waals surface area contributed by atoms with Gasteiger partial charge in [-0.2, -0.15) is 0 Å². The zero-order valence-corrected chi connectivity index (χ0v) is 25.9. The Bertz CT molecular complexity index is 1680. The molecule has 5 heteroatoms. The van der Waals surface area contributed by atoms with Gasteiger partial charge in [-0.3, -0.25) is 0 Å². The monoisotopic (exact) mass is 576 g/mol. The first-order valence-electron chi connectivity index (χ1n) is 15.7. The molecule has 0 unspecified atom stereocenters. The van der Waals surface area contributed by atoms with E-state index >= 15 is 0 Å². The Hall–Kier alpha value is -2.14. The van der Waals surface area contributed by atoms with Crippen LogP contribution >= 0.6 is 0 Å². The molecular weight excluding hydrogens is 529 g/mol. The zero-order chi connectivity index (χ0) is 28.6. The summed E-state index contributed by atoms with van der Waals surface area (Å²) in [5.41, 5.74) is 19.3. The molecule has 8 bridgehead atoms. The second-order valence-corrected chi connectivity index (χ2v) is 10.8. The number of aryl methyl sites for hydroxylation is 6. The van der Waals surface area contributed by atoms with Crippen LogP contribution in [-0.2, 0) is 38.6 Å². The maximum atomic E-state index is 5.61. The second kappa shape index (κ2) is 13.4. The maximum absolute atomic E-state index is 5.61. The number of fused-ring (bicyclic) bond motifs is 8. The summed E-state index contributed by atoms with van der Waals surface area (Å²) in [5, 5.41) is 0. The third-order valence-corrected chi connectivity index (χ3v) is 8.85. The van der Waals surface area contributed by atoms with Gasteiger partial charge in [-0.15, -0.1) is 0 Å². The van der Waals surface area contributed by atoms with Crippen LogP contribution in [0.3, 0.4) is 0 Å². The molecule has 0 aromatic carbocycles. The molecule has 214 valence electrons. The van der Waals surface area contributed by atoms with E-state index in [1.165, 1.54) is 66.9 Å². The fourth-order valence-corrected chi connectivity index (χ4v) is 7.06. The van der Waals surface area contributed by atoms with E-state index < -0.39 is 0 Å². The number of rotatable bonds is 8. The van der Waals surface area contributed by atoms with Crippen LogP contribution in [0, 0.1) is 0 Å². The molecule has 0 spiro atoms. The summed E-state index contributed by atoms with van der Waals surface area (Å²) in [4.78, 5) is 14.4. The molecule has 41 heavy (non-hydrogen) atoms. The van der Waals surface area contributed by atoms with E-state index in [0.29, 0.717) is 0 Å². The Kier molecular flexibility index (Phi) is 10.4. The van der Waals surface area contributed by atoms with Crippen molar-refractivity contribution in [1.82, 2.24) is 19.5 Å². The quantitative estimate of drug-likeness (QED) is 0.214. The van der Waals surface area contributed by atoms with E-state index in [2.05, 4.69) is 95.3 Å². The predicted molar refractivity (Wildman–Crippen MR) is 182 cm³/mol. The molecule has 5 heterocycles. The molecule has 0 saturated carbocycles. The van der Waals surface area contributed by atoms with Crippen molar-refractivity contribution in [2.75, 3.05) is 0 Å². The normalized spacial score (nSPS) is 12.8. The van der Waals surface area contributed by atoms with Crippen LogP contribution in [0.15, 0.2) is 18.2 Å². The standard InChI is InChI=1S/C36H46N4.Ca.2H/c1-9-22-19-25-20-23-17-18-24(37-23)21-32-26(10-2)29(13-5)36(40(32)16-8)31(15-7)35-28(12-4)27(11-3)34(39-35)30(14-6)33(22)38-25;;;/h17-21,38H,9-16H2,1-8H3;;;. The van der Waals surface area contributed by atoms with Gasteiger partial charge in [-0.1, -0.05) is 48.5 Å². The number of allylic oxidation sites excluding steroid dienone is 2. The summed E-state index contributed by atoms with van der Waals surface area (Å²) in [6.45, 7) is 19.2. The van der Waals surface area contributed by atoms with Crippen LogP contribution < -0.4 is 0 Å². The molecule has 0 saturated heterocycles. The first-order valence-corrected chi connectivity index (χ1v) is 15.7. The SMILES string of the molecule is CCC1=C(CC)c2nc1c(CC)c1[nH]c(cc3nc(cc4c(CC)c(CC)c(c2CC)n4CC)C=C3)cc1CC.[CaH2]. The van der Waals surface area contributed by atoms with Crippen molar-refractivity contribution < 1.29 is 0 Å². The first-order chi connectivity index (χ1) is 19.5. The van der Waals surface area contributed by atoms with Crippen molar-refractivity contribution >= 4 is 83.1 Å². The van der Waals surface area contributed by atoms with Gasteiger partial charge in [0.15, 0.2) is 0 Å². The fraction of sp³-hybridized carbons (Fsp3) is 0.444. The average Bonchev–Trinajstić information content (AvgIpc) is 3.73. The fourth-order valence-electron chi connectivity index (χ4n) is 7.06. The number of hydrogen-bond acceptors (Lipinski definition) is 2. The van der Waals surface area contributed by atoms with Gasteiger partial charge in [0.2, 0.25) is 0 Å². The third-order valence-electron chi connectivity index (χ3n) is 8.85. The summed E-state index contributed by atoms with van der Waals surface area (Å²) < 4.78 is 2.55. The van der Waals surface area contributed by atoms with Crippen molar-refractivity contribution in [3.8, 4) is 0 Å². The number of H-pyrrole nitrogens is 1. The topological polar surface area (TPSA) is 46.5 Å². The minimum absolute atomic E-state index is 0. The third kappa shape index (κ3) is 5.41. The number of nitrogens with zero attached hydrogens (tertiary/aromatic N) is 3. The van der Waals surface area contributed by atoms with Crippen molar-refractivity contribution in [3.63, 3.8) is 0 Å². The summed E-state index contributed by atoms with van der Waals surface area (Å²) in [5.74, 6) is 0.